The van der Waals surface area contributed by atoms with E-state index in [9.17, 15) is 4.79 Å². The summed E-state index contributed by atoms with van der Waals surface area (Å²) in [7, 11) is 0. The molecule has 0 fully saturated rings. The molecule has 1 aromatic carbocycles. The highest BCUT2D eigenvalue weighted by molar-refractivity contribution is 7.21. The molecular formula is C13H6N2OS. The van der Waals surface area contributed by atoms with E-state index in [1.165, 1.54) is 17.4 Å². The Balaban J connectivity index is 2.42. The van der Waals surface area contributed by atoms with E-state index in [-0.39, 0.29) is 5.43 Å². The summed E-state index contributed by atoms with van der Waals surface area (Å²) in [5.74, 6) is 0. The first-order valence-electron chi connectivity index (χ1n) is 5.01. The van der Waals surface area contributed by atoms with Crippen molar-refractivity contribution in [2.45, 2.75) is 0 Å². The fourth-order valence-electron chi connectivity index (χ4n) is 1.67. The molecule has 1 aromatic rings. The second kappa shape index (κ2) is 3.65. The Morgan fingerprint density at radius 2 is 2.06 bits per heavy atom. The van der Waals surface area contributed by atoms with Crippen LogP contribution in [0, 0.1) is 11.3 Å². The molecule has 0 saturated heterocycles. The highest BCUT2D eigenvalue weighted by Gasteiger charge is 2.07. The van der Waals surface area contributed by atoms with Gasteiger partial charge in [0.25, 0.3) is 0 Å². The quantitative estimate of drug-likeness (QED) is 0.566. The monoisotopic (exact) mass is 238 g/mol. The number of fused-ring (bicyclic) bond motifs is 2. The summed E-state index contributed by atoms with van der Waals surface area (Å²) in [5, 5.41) is 8.84. The molecule has 80 valence electrons. The average molecular weight is 238 g/mol. The lowest BCUT2D eigenvalue weighted by atomic mass is 10.2. The molecule has 17 heavy (non-hydrogen) atoms. The van der Waals surface area contributed by atoms with Crippen LogP contribution >= 0.6 is 11.3 Å². The summed E-state index contributed by atoms with van der Waals surface area (Å²) >= 11 is 1.48. The van der Waals surface area contributed by atoms with Crippen LogP contribution in [0.1, 0.15) is 5.56 Å². The minimum Gasteiger partial charge on any atom is -0.290 e. The summed E-state index contributed by atoms with van der Waals surface area (Å²) in [6.45, 7) is 0. The van der Waals surface area contributed by atoms with E-state index in [4.69, 9.17) is 5.26 Å². The SMILES string of the molecule is N#Cc1ccc2nc3ccc(=O)cc-3sc2c1. The van der Waals surface area contributed by atoms with Gasteiger partial charge in [0.2, 0.25) is 0 Å². The summed E-state index contributed by atoms with van der Waals surface area (Å²) in [6.07, 6.45) is 0. The Bertz CT molecular complexity index is 785. The van der Waals surface area contributed by atoms with E-state index in [1.807, 2.05) is 6.07 Å². The summed E-state index contributed by atoms with van der Waals surface area (Å²) in [5.41, 5.74) is 2.24. The fraction of sp³-hybridized carbons (Fsp3) is 0. The number of hydrogen-bond donors (Lipinski definition) is 0. The van der Waals surface area contributed by atoms with Gasteiger partial charge in [0.1, 0.15) is 0 Å². The first kappa shape index (κ1) is 9.94. The number of rotatable bonds is 0. The predicted octanol–water partition coefficient (Wildman–Crippen LogP) is 2.63. The van der Waals surface area contributed by atoms with Gasteiger partial charge in [0.15, 0.2) is 5.43 Å². The Kier molecular flexibility index (Phi) is 2.13. The molecule has 1 aliphatic heterocycles. The van der Waals surface area contributed by atoms with E-state index >= 15 is 0 Å². The van der Waals surface area contributed by atoms with E-state index in [1.54, 1.807) is 24.3 Å². The lowest BCUT2D eigenvalue weighted by Crippen LogP contribution is -1.98. The molecule has 1 heterocycles. The molecule has 0 atom stereocenters. The standard InChI is InChI=1S/C13H6N2OS/c14-7-8-1-3-10-12(5-8)17-13-6-9(16)2-4-11(13)15-10/h1-6H. The molecule has 0 radical (unpaired) electrons. The zero-order chi connectivity index (χ0) is 11.8. The van der Waals surface area contributed by atoms with Crippen LogP contribution in [-0.2, 0) is 0 Å². The first-order valence-corrected chi connectivity index (χ1v) is 5.83. The Morgan fingerprint density at radius 1 is 1.18 bits per heavy atom. The molecule has 0 amide bonds. The van der Waals surface area contributed by atoms with Gasteiger partial charge in [0, 0.05) is 6.07 Å². The number of nitrogens with zero attached hydrogens (tertiary/aromatic N) is 2. The minimum atomic E-state index is -0.0219. The molecule has 0 saturated carbocycles. The topological polar surface area (TPSA) is 53.8 Å². The Hall–Kier alpha value is -2.25. The number of benzene rings is 2. The summed E-state index contributed by atoms with van der Waals surface area (Å²) in [6, 6.07) is 12.3. The number of aromatic nitrogens is 1. The van der Waals surface area contributed by atoms with Crippen LogP contribution in [0.15, 0.2) is 41.2 Å². The van der Waals surface area contributed by atoms with Crippen molar-refractivity contribution in [3.8, 4) is 16.6 Å². The molecule has 0 aromatic heterocycles. The summed E-state index contributed by atoms with van der Waals surface area (Å²) in [4.78, 5) is 16.6. The molecule has 3 nitrogen and oxygen atoms in total. The van der Waals surface area contributed by atoms with Crippen molar-refractivity contribution in [3.05, 3.63) is 52.2 Å². The maximum Gasteiger partial charge on any atom is 0.180 e. The van der Waals surface area contributed by atoms with Crippen molar-refractivity contribution >= 4 is 21.6 Å². The maximum atomic E-state index is 11.3. The Morgan fingerprint density at radius 3 is 2.88 bits per heavy atom. The van der Waals surface area contributed by atoms with Crippen LogP contribution in [0.3, 0.4) is 0 Å². The zero-order valence-corrected chi connectivity index (χ0v) is 9.49. The van der Waals surface area contributed by atoms with Crippen molar-refractivity contribution in [2.75, 3.05) is 0 Å². The van der Waals surface area contributed by atoms with Crippen LogP contribution in [0.5, 0.6) is 0 Å². The lowest BCUT2D eigenvalue weighted by molar-refractivity contribution is 1.40. The zero-order valence-electron chi connectivity index (χ0n) is 8.68. The number of nitriles is 1. The lowest BCUT2D eigenvalue weighted by Gasteiger charge is -2.04. The maximum absolute atomic E-state index is 11.3. The van der Waals surface area contributed by atoms with Crippen molar-refractivity contribution in [3.63, 3.8) is 0 Å². The van der Waals surface area contributed by atoms with Crippen molar-refractivity contribution in [1.82, 2.24) is 4.98 Å². The fourth-order valence-corrected chi connectivity index (χ4v) is 2.71. The van der Waals surface area contributed by atoms with Gasteiger partial charge in [-0.1, -0.05) is 0 Å². The van der Waals surface area contributed by atoms with E-state index in [0.29, 0.717) is 5.56 Å². The molecule has 4 heteroatoms. The van der Waals surface area contributed by atoms with Gasteiger partial charge < -0.3 is 0 Å². The third-order valence-electron chi connectivity index (χ3n) is 2.48. The molecule has 2 aliphatic rings. The van der Waals surface area contributed by atoms with Crippen molar-refractivity contribution in [1.29, 1.82) is 5.26 Å². The predicted molar refractivity (Wildman–Crippen MR) is 67.2 cm³/mol. The van der Waals surface area contributed by atoms with Crippen LogP contribution in [0.2, 0.25) is 0 Å². The first-order chi connectivity index (χ1) is 8.26. The van der Waals surface area contributed by atoms with Gasteiger partial charge in [-0.05, 0) is 30.3 Å². The normalized spacial score (nSPS) is 10.5. The van der Waals surface area contributed by atoms with Gasteiger partial charge in [-0.2, -0.15) is 5.26 Å². The van der Waals surface area contributed by atoms with Crippen LogP contribution in [0.25, 0.3) is 20.8 Å². The van der Waals surface area contributed by atoms with Gasteiger partial charge in [-0.15, -0.1) is 11.3 Å². The van der Waals surface area contributed by atoms with Crippen LogP contribution in [-0.4, -0.2) is 4.98 Å². The van der Waals surface area contributed by atoms with E-state index in [2.05, 4.69) is 11.1 Å². The molecule has 0 unspecified atom stereocenters. The molecular weight excluding hydrogens is 232 g/mol. The third kappa shape index (κ3) is 1.67. The van der Waals surface area contributed by atoms with Crippen LogP contribution in [0.4, 0.5) is 0 Å². The highest BCUT2D eigenvalue weighted by atomic mass is 32.1. The molecule has 0 bridgehead atoms. The van der Waals surface area contributed by atoms with E-state index < -0.39 is 0 Å². The average Bonchev–Trinajstić information content (AvgIpc) is 2.35. The molecule has 3 rings (SSSR count). The van der Waals surface area contributed by atoms with Gasteiger partial charge in [-0.25, -0.2) is 4.98 Å². The highest BCUT2D eigenvalue weighted by Crippen LogP contribution is 2.29. The summed E-state index contributed by atoms with van der Waals surface area (Å²) < 4.78 is 0.919. The Labute approximate surface area is 101 Å². The number of hydrogen-bond acceptors (Lipinski definition) is 4. The second-order valence-corrected chi connectivity index (χ2v) is 4.72. The largest absolute Gasteiger partial charge is 0.290 e. The molecule has 0 N–H and O–H groups in total. The van der Waals surface area contributed by atoms with Gasteiger partial charge in [0.05, 0.1) is 32.4 Å². The van der Waals surface area contributed by atoms with Crippen LogP contribution < -0.4 is 5.43 Å². The molecule has 0 spiro atoms. The second-order valence-electron chi connectivity index (χ2n) is 3.64. The minimum absolute atomic E-state index is 0.0219. The smallest absolute Gasteiger partial charge is 0.180 e. The van der Waals surface area contributed by atoms with Crippen molar-refractivity contribution in [2.24, 2.45) is 0 Å². The third-order valence-corrected chi connectivity index (χ3v) is 3.57. The van der Waals surface area contributed by atoms with Crippen molar-refractivity contribution < 1.29 is 0 Å². The van der Waals surface area contributed by atoms with Gasteiger partial charge in [-0.3, -0.25) is 4.79 Å². The van der Waals surface area contributed by atoms with Gasteiger partial charge >= 0.3 is 0 Å². The molecule has 1 aliphatic carbocycles. The van der Waals surface area contributed by atoms with E-state index in [0.717, 1.165) is 20.8 Å².